The molecule has 2 rings (SSSR count). The second kappa shape index (κ2) is 7.59. The van der Waals surface area contributed by atoms with Crippen molar-refractivity contribution in [3.8, 4) is 0 Å². The van der Waals surface area contributed by atoms with Crippen molar-refractivity contribution in [3.63, 3.8) is 0 Å². The topological polar surface area (TPSA) is 75.6 Å². The van der Waals surface area contributed by atoms with Gasteiger partial charge in [-0.3, -0.25) is 9.59 Å². The van der Waals surface area contributed by atoms with E-state index in [1.807, 2.05) is 44.2 Å². The smallest absolute Gasteiger partial charge is 0.306 e. The van der Waals surface area contributed by atoms with Crippen LogP contribution in [0, 0.1) is 11.8 Å². The van der Waals surface area contributed by atoms with Crippen LogP contribution < -0.4 is 5.32 Å². The van der Waals surface area contributed by atoms with Gasteiger partial charge in [-0.2, -0.15) is 0 Å². The van der Waals surface area contributed by atoms with Crippen LogP contribution in [-0.2, 0) is 20.9 Å². The summed E-state index contributed by atoms with van der Waals surface area (Å²) in [5.74, 6) is -1.46. The molecule has 1 fully saturated rings. The van der Waals surface area contributed by atoms with Crippen LogP contribution in [0.2, 0.25) is 0 Å². The number of nitrogens with one attached hydrogen (secondary N) is 1. The zero-order valence-corrected chi connectivity index (χ0v) is 13.7. The van der Waals surface area contributed by atoms with Crippen LogP contribution in [0.25, 0.3) is 0 Å². The van der Waals surface area contributed by atoms with E-state index in [2.05, 4.69) is 5.32 Å². The summed E-state index contributed by atoms with van der Waals surface area (Å²) in [6, 6.07) is 9.88. The molecule has 23 heavy (non-hydrogen) atoms. The summed E-state index contributed by atoms with van der Waals surface area (Å²) in [6.45, 7) is 4.74. The van der Waals surface area contributed by atoms with Crippen LogP contribution in [-0.4, -0.2) is 29.1 Å². The number of amides is 1. The van der Waals surface area contributed by atoms with Crippen LogP contribution in [0.1, 0.15) is 38.7 Å². The molecule has 1 amide bonds. The highest BCUT2D eigenvalue weighted by atomic mass is 16.5. The number of rotatable bonds is 7. The van der Waals surface area contributed by atoms with Gasteiger partial charge in [0.1, 0.15) is 0 Å². The molecule has 0 saturated heterocycles. The number of aliphatic carboxylic acids is 1. The second-order valence-corrected chi connectivity index (χ2v) is 6.90. The summed E-state index contributed by atoms with van der Waals surface area (Å²) < 4.78 is 5.70. The van der Waals surface area contributed by atoms with E-state index in [0.717, 1.165) is 5.56 Å². The first-order valence-corrected chi connectivity index (χ1v) is 8.04. The molecule has 0 unspecified atom stereocenters. The highest BCUT2D eigenvalue weighted by Crippen LogP contribution is 2.31. The standard InChI is InChI=1S/C18H25NO4/c1-18(2,12-23-11-13-6-4-3-5-7-13)19-16(20)14-8-9-15(10-14)17(21)22/h3-7,14-15H,8-12H2,1-2H3,(H,19,20)(H,21,22)/t14-,15+/m1/s1. The Morgan fingerprint density at radius 1 is 1.22 bits per heavy atom. The third kappa shape index (κ3) is 5.36. The Morgan fingerprint density at radius 3 is 2.48 bits per heavy atom. The molecule has 0 radical (unpaired) electrons. The minimum absolute atomic E-state index is 0.0675. The molecular formula is C18H25NO4. The summed E-state index contributed by atoms with van der Waals surface area (Å²) in [5.41, 5.74) is 0.613. The van der Waals surface area contributed by atoms with Crippen molar-refractivity contribution in [2.75, 3.05) is 6.61 Å². The Morgan fingerprint density at radius 2 is 1.87 bits per heavy atom. The van der Waals surface area contributed by atoms with Gasteiger partial charge in [-0.25, -0.2) is 0 Å². The maximum absolute atomic E-state index is 12.3. The molecular weight excluding hydrogens is 294 g/mol. The lowest BCUT2D eigenvalue weighted by atomic mass is 10.0. The first-order chi connectivity index (χ1) is 10.9. The van der Waals surface area contributed by atoms with Crippen LogP contribution in [0.15, 0.2) is 30.3 Å². The van der Waals surface area contributed by atoms with Gasteiger partial charge in [0.05, 0.1) is 24.7 Å². The number of carbonyl (C=O) groups excluding carboxylic acids is 1. The van der Waals surface area contributed by atoms with Gasteiger partial charge in [0, 0.05) is 5.92 Å². The molecule has 1 aliphatic carbocycles. The number of ether oxygens (including phenoxy) is 1. The van der Waals surface area contributed by atoms with E-state index in [1.165, 1.54) is 0 Å². The van der Waals surface area contributed by atoms with Gasteiger partial charge in [-0.1, -0.05) is 30.3 Å². The van der Waals surface area contributed by atoms with E-state index in [9.17, 15) is 9.59 Å². The van der Waals surface area contributed by atoms with Gasteiger partial charge < -0.3 is 15.2 Å². The summed E-state index contributed by atoms with van der Waals surface area (Å²) in [4.78, 5) is 23.3. The highest BCUT2D eigenvalue weighted by molar-refractivity contribution is 5.81. The lowest BCUT2D eigenvalue weighted by molar-refractivity contribution is -0.141. The molecule has 1 aliphatic rings. The van der Waals surface area contributed by atoms with Crippen molar-refractivity contribution < 1.29 is 19.4 Å². The van der Waals surface area contributed by atoms with Gasteiger partial charge in [-0.05, 0) is 38.7 Å². The summed E-state index contributed by atoms with van der Waals surface area (Å²) in [5, 5.41) is 12.0. The Labute approximate surface area is 137 Å². The fraction of sp³-hybridized carbons (Fsp3) is 0.556. The predicted octanol–water partition coefficient (Wildman–Crippen LogP) is 2.60. The minimum atomic E-state index is -0.800. The Hall–Kier alpha value is -1.88. The summed E-state index contributed by atoms with van der Waals surface area (Å²) in [7, 11) is 0. The molecule has 5 heteroatoms. The lowest BCUT2D eigenvalue weighted by Gasteiger charge is -2.27. The van der Waals surface area contributed by atoms with E-state index in [1.54, 1.807) is 0 Å². The van der Waals surface area contributed by atoms with Gasteiger partial charge in [0.2, 0.25) is 5.91 Å². The molecule has 0 spiro atoms. The molecule has 1 aromatic rings. The zero-order chi connectivity index (χ0) is 16.9. The largest absolute Gasteiger partial charge is 0.481 e. The summed E-state index contributed by atoms with van der Waals surface area (Å²) >= 11 is 0. The van der Waals surface area contributed by atoms with Gasteiger partial charge in [0.15, 0.2) is 0 Å². The van der Waals surface area contributed by atoms with E-state index < -0.39 is 11.5 Å². The Bertz CT molecular complexity index is 541. The molecule has 1 saturated carbocycles. The Balaban J connectivity index is 1.76. The van der Waals surface area contributed by atoms with Crippen LogP contribution in [0.3, 0.4) is 0 Å². The average Bonchev–Trinajstić information content (AvgIpc) is 2.98. The van der Waals surface area contributed by atoms with Crippen molar-refractivity contribution in [1.29, 1.82) is 0 Å². The molecule has 0 heterocycles. The number of hydrogen-bond acceptors (Lipinski definition) is 3. The lowest BCUT2D eigenvalue weighted by Crippen LogP contribution is -2.49. The van der Waals surface area contributed by atoms with Crippen molar-refractivity contribution in [2.24, 2.45) is 11.8 Å². The molecule has 0 bridgehead atoms. The third-order valence-electron chi connectivity index (χ3n) is 4.19. The fourth-order valence-electron chi connectivity index (χ4n) is 2.91. The number of benzene rings is 1. The quantitative estimate of drug-likeness (QED) is 0.810. The highest BCUT2D eigenvalue weighted by Gasteiger charge is 2.35. The number of hydrogen-bond donors (Lipinski definition) is 2. The van der Waals surface area contributed by atoms with E-state index in [0.29, 0.717) is 32.5 Å². The first-order valence-electron chi connectivity index (χ1n) is 8.04. The van der Waals surface area contributed by atoms with Gasteiger partial charge >= 0.3 is 5.97 Å². The van der Waals surface area contributed by atoms with Crippen molar-refractivity contribution >= 4 is 11.9 Å². The zero-order valence-electron chi connectivity index (χ0n) is 13.7. The SMILES string of the molecule is CC(C)(COCc1ccccc1)NC(=O)[C@@H]1CC[C@H](C(=O)O)C1. The molecule has 1 aromatic carbocycles. The second-order valence-electron chi connectivity index (χ2n) is 6.90. The summed E-state index contributed by atoms with van der Waals surface area (Å²) in [6.07, 6.45) is 1.66. The number of carboxylic acids is 1. The molecule has 5 nitrogen and oxygen atoms in total. The van der Waals surface area contributed by atoms with Crippen molar-refractivity contribution in [2.45, 2.75) is 45.3 Å². The fourth-order valence-corrected chi connectivity index (χ4v) is 2.91. The van der Waals surface area contributed by atoms with Crippen molar-refractivity contribution in [3.05, 3.63) is 35.9 Å². The van der Waals surface area contributed by atoms with Crippen LogP contribution in [0.5, 0.6) is 0 Å². The first kappa shape index (κ1) is 17.5. The van der Waals surface area contributed by atoms with Gasteiger partial charge in [-0.15, -0.1) is 0 Å². The van der Waals surface area contributed by atoms with E-state index in [4.69, 9.17) is 9.84 Å². The van der Waals surface area contributed by atoms with Gasteiger partial charge in [0.25, 0.3) is 0 Å². The van der Waals surface area contributed by atoms with Crippen LogP contribution >= 0.6 is 0 Å². The average molecular weight is 319 g/mol. The maximum atomic E-state index is 12.3. The third-order valence-corrected chi connectivity index (χ3v) is 4.19. The number of carboxylic acid groups (broad SMARTS) is 1. The molecule has 0 aliphatic heterocycles. The normalized spacial score (nSPS) is 21.1. The van der Waals surface area contributed by atoms with E-state index >= 15 is 0 Å². The predicted molar refractivity (Wildman–Crippen MR) is 86.8 cm³/mol. The van der Waals surface area contributed by atoms with Crippen molar-refractivity contribution in [1.82, 2.24) is 5.32 Å². The number of carbonyl (C=O) groups is 2. The monoisotopic (exact) mass is 319 g/mol. The Kier molecular flexibility index (Phi) is 5.77. The van der Waals surface area contributed by atoms with E-state index in [-0.39, 0.29) is 17.7 Å². The molecule has 2 N–H and O–H groups in total. The molecule has 2 atom stereocenters. The molecule has 0 aromatic heterocycles. The minimum Gasteiger partial charge on any atom is -0.481 e. The maximum Gasteiger partial charge on any atom is 0.306 e. The van der Waals surface area contributed by atoms with Crippen LogP contribution in [0.4, 0.5) is 0 Å². The molecule has 126 valence electrons.